The van der Waals surface area contributed by atoms with Gasteiger partial charge in [-0.15, -0.1) is 0 Å². The van der Waals surface area contributed by atoms with Gasteiger partial charge in [0.2, 0.25) is 11.8 Å². The molecule has 0 radical (unpaired) electrons. The Kier molecular flexibility index (Phi) is 5.28. The highest BCUT2D eigenvalue weighted by molar-refractivity contribution is 5.92. The number of rotatable bonds is 7. The number of carbonyl (C=O) groups is 2. The van der Waals surface area contributed by atoms with Crippen molar-refractivity contribution < 1.29 is 9.59 Å². The maximum absolute atomic E-state index is 11.9. The molecule has 6 nitrogen and oxygen atoms in total. The van der Waals surface area contributed by atoms with E-state index in [2.05, 4.69) is 39.9 Å². The second-order valence-electron chi connectivity index (χ2n) is 6.22. The van der Waals surface area contributed by atoms with E-state index >= 15 is 0 Å². The van der Waals surface area contributed by atoms with Crippen molar-refractivity contribution in [3.05, 3.63) is 59.3 Å². The molecule has 0 aliphatic heterocycles. The molecule has 1 heterocycles. The number of primary amides is 1. The van der Waals surface area contributed by atoms with Gasteiger partial charge < -0.3 is 16.4 Å². The van der Waals surface area contributed by atoms with E-state index in [1.165, 1.54) is 17.3 Å². The Balaban J connectivity index is 1.39. The zero-order chi connectivity index (χ0) is 17.6. The lowest BCUT2D eigenvalue weighted by Crippen LogP contribution is -2.31. The standard InChI is InChI=1S/C19H22N4O2/c20-19(25)15-7-8-17(22-11-15)23-12-18(24)21-10-9-14-6-5-13-3-1-2-4-16(13)14/h1-4,7-8,11,14H,5-6,9-10,12H2,(H2,20,25)(H,21,24)(H,22,23). The van der Waals surface area contributed by atoms with Gasteiger partial charge in [0.05, 0.1) is 12.1 Å². The van der Waals surface area contributed by atoms with Crippen LogP contribution in [0.5, 0.6) is 0 Å². The van der Waals surface area contributed by atoms with Crippen molar-refractivity contribution >= 4 is 17.6 Å². The Labute approximate surface area is 146 Å². The SMILES string of the molecule is NC(=O)c1ccc(NCC(=O)NCCC2CCc3ccccc32)nc1. The molecule has 2 aromatic rings. The van der Waals surface area contributed by atoms with E-state index in [-0.39, 0.29) is 12.5 Å². The van der Waals surface area contributed by atoms with Crippen LogP contribution in [0.2, 0.25) is 0 Å². The van der Waals surface area contributed by atoms with E-state index in [9.17, 15) is 9.59 Å². The fourth-order valence-electron chi connectivity index (χ4n) is 3.21. The first-order valence-corrected chi connectivity index (χ1v) is 8.47. The van der Waals surface area contributed by atoms with Crippen molar-refractivity contribution in [2.24, 2.45) is 5.73 Å². The summed E-state index contributed by atoms with van der Waals surface area (Å²) in [5.74, 6) is 0.467. The highest BCUT2D eigenvalue weighted by atomic mass is 16.2. The van der Waals surface area contributed by atoms with Crippen LogP contribution >= 0.6 is 0 Å². The Hall–Kier alpha value is -2.89. The number of amides is 2. The molecule has 4 N–H and O–H groups in total. The van der Waals surface area contributed by atoms with Gasteiger partial charge in [0, 0.05) is 12.7 Å². The van der Waals surface area contributed by atoms with Crippen molar-refractivity contribution in [1.82, 2.24) is 10.3 Å². The van der Waals surface area contributed by atoms with Crippen molar-refractivity contribution in [2.45, 2.75) is 25.2 Å². The maximum atomic E-state index is 11.9. The lowest BCUT2D eigenvalue weighted by atomic mass is 9.98. The molecule has 130 valence electrons. The summed E-state index contributed by atoms with van der Waals surface area (Å²) in [6.45, 7) is 0.803. The Morgan fingerprint density at radius 1 is 1.20 bits per heavy atom. The average Bonchev–Trinajstić information content (AvgIpc) is 3.04. The van der Waals surface area contributed by atoms with Gasteiger partial charge in [-0.2, -0.15) is 0 Å². The number of anilines is 1. The quantitative estimate of drug-likeness (QED) is 0.717. The normalized spacial score (nSPS) is 15.4. The summed E-state index contributed by atoms with van der Waals surface area (Å²) in [7, 11) is 0. The Bertz CT molecular complexity index is 758. The number of pyridine rings is 1. The fourth-order valence-corrected chi connectivity index (χ4v) is 3.21. The van der Waals surface area contributed by atoms with Gasteiger partial charge in [0.25, 0.3) is 0 Å². The number of nitrogens with zero attached hydrogens (tertiary/aromatic N) is 1. The number of aromatic nitrogens is 1. The molecule has 1 aliphatic carbocycles. The molecule has 1 unspecified atom stereocenters. The number of hydrogen-bond donors (Lipinski definition) is 3. The Morgan fingerprint density at radius 3 is 2.80 bits per heavy atom. The molecule has 2 amide bonds. The summed E-state index contributed by atoms with van der Waals surface area (Å²) < 4.78 is 0. The van der Waals surface area contributed by atoms with E-state index in [4.69, 9.17) is 5.73 Å². The van der Waals surface area contributed by atoms with Crippen LogP contribution < -0.4 is 16.4 Å². The molecule has 1 aromatic carbocycles. The van der Waals surface area contributed by atoms with Gasteiger partial charge in [-0.25, -0.2) is 4.98 Å². The third-order valence-electron chi connectivity index (χ3n) is 4.55. The summed E-state index contributed by atoms with van der Waals surface area (Å²) in [5.41, 5.74) is 8.36. The molecule has 0 fully saturated rings. The molecule has 0 saturated carbocycles. The molecule has 1 atom stereocenters. The molecular formula is C19H22N4O2. The fraction of sp³-hybridized carbons (Fsp3) is 0.316. The molecule has 0 saturated heterocycles. The highest BCUT2D eigenvalue weighted by Crippen LogP contribution is 2.34. The summed E-state index contributed by atoms with van der Waals surface area (Å²) in [6.07, 6.45) is 4.63. The number of nitrogens with two attached hydrogens (primary N) is 1. The van der Waals surface area contributed by atoms with Crippen molar-refractivity contribution in [1.29, 1.82) is 0 Å². The largest absolute Gasteiger partial charge is 0.366 e. The van der Waals surface area contributed by atoms with Crippen molar-refractivity contribution in [3.63, 3.8) is 0 Å². The Morgan fingerprint density at radius 2 is 2.04 bits per heavy atom. The van der Waals surface area contributed by atoms with Gasteiger partial charge in [0.1, 0.15) is 5.82 Å². The van der Waals surface area contributed by atoms with Gasteiger partial charge in [-0.1, -0.05) is 24.3 Å². The number of nitrogens with one attached hydrogen (secondary N) is 2. The number of hydrogen-bond acceptors (Lipinski definition) is 4. The third kappa shape index (κ3) is 4.35. The molecule has 0 spiro atoms. The predicted octanol–water partition coefficient (Wildman–Crippen LogP) is 1.83. The minimum absolute atomic E-state index is 0.0768. The number of aryl methyl sites for hydroxylation is 1. The van der Waals surface area contributed by atoms with Gasteiger partial charge in [-0.05, 0) is 48.4 Å². The number of benzene rings is 1. The van der Waals surface area contributed by atoms with Crippen LogP contribution in [-0.2, 0) is 11.2 Å². The smallest absolute Gasteiger partial charge is 0.250 e. The lowest BCUT2D eigenvalue weighted by Gasteiger charge is -2.12. The minimum Gasteiger partial charge on any atom is -0.366 e. The molecule has 6 heteroatoms. The van der Waals surface area contributed by atoms with Gasteiger partial charge >= 0.3 is 0 Å². The van der Waals surface area contributed by atoms with E-state index in [0.717, 1.165) is 19.3 Å². The van der Waals surface area contributed by atoms with E-state index in [1.54, 1.807) is 12.1 Å². The molecule has 0 bridgehead atoms. The van der Waals surface area contributed by atoms with Crippen LogP contribution in [0.25, 0.3) is 0 Å². The third-order valence-corrected chi connectivity index (χ3v) is 4.55. The van der Waals surface area contributed by atoms with Gasteiger partial charge in [0.15, 0.2) is 0 Å². The number of fused-ring (bicyclic) bond motifs is 1. The van der Waals surface area contributed by atoms with Crippen molar-refractivity contribution in [2.75, 3.05) is 18.4 Å². The van der Waals surface area contributed by atoms with E-state index in [0.29, 0.717) is 23.8 Å². The highest BCUT2D eigenvalue weighted by Gasteiger charge is 2.21. The molecule has 1 aromatic heterocycles. The zero-order valence-electron chi connectivity index (χ0n) is 14.0. The maximum Gasteiger partial charge on any atom is 0.250 e. The van der Waals surface area contributed by atoms with E-state index < -0.39 is 5.91 Å². The topological polar surface area (TPSA) is 97.1 Å². The van der Waals surface area contributed by atoms with Crippen LogP contribution in [0.4, 0.5) is 5.82 Å². The second-order valence-corrected chi connectivity index (χ2v) is 6.22. The van der Waals surface area contributed by atoms with Crippen LogP contribution in [0, 0.1) is 0 Å². The van der Waals surface area contributed by atoms with Crippen LogP contribution in [0.15, 0.2) is 42.6 Å². The number of carbonyl (C=O) groups excluding carboxylic acids is 2. The summed E-state index contributed by atoms with van der Waals surface area (Å²) in [6, 6.07) is 11.7. The first-order chi connectivity index (χ1) is 12.1. The lowest BCUT2D eigenvalue weighted by molar-refractivity contribution is -0.119. The summed E-state index contributed by atoms with van der Waals surface area (Å²) in [5, 5.41) is 5.87. The molecule has 1 aliphatic rings. The second kappa shape index (κ2) is 7.79. The predicted molar refractivity (Wildman–Crippen MR) is 96.4 cm³/mol. The van der Waals surface area contributed by atoms with Crippen LogP contribution in [0.1, 0.15) is 40.2 Å². The summed E-state index contributed by atoms with van der Waals surface area (Å²) in [4.78, 5) is 27.0. The first-order valence-electron chi connectivity index (χ1n) is 8.47. The van der Waals surface area contributed by atoms with E-state index in [1.807, 2.05) is 0 Å². The molecular weight excluding hydrogens is 316 g/mol. The summed E-state index contributed by atoms with van der Waals surface area (Å²) >= 11 is 0. The van der Waals surface area contributed by atoms with Crippen LogP contribution in [0.3, 0.4) is 0 Å². The van der Waals surface area contributed by atoms with Gasteiger partial charge in [-0.3, -0.25) is 9.59 Å². The average molecular weight is 338 g/mol. The minimum atomic E-state index is -0.523. The molecule has 25 heavy (non-hydrogen) atoms. The monoisotopic (exact) mass is 338 g/mol. The first kappa shape index (κ1) is 17.0. The zero-order valence-corrected chi connectivity index (χ0v) is 14.0. The van der Waals surface area contributed by atoms with Crippen molar-refractivity contribution in [3.8, 4) is 0 Å². The molecule has 3 rings (SSSR count). The van der Waals surface area contributed by atoms with Crippen LogP contribution in [-0.4, -0.2) is 29.9 Å².